The molecule has 0 N–H and O–H groups in total. The van der Waals surface area contributed by atoms with Gasteiger partial charge in [0.15, 0.2) is 5.69 Å². The highest BCUT2D eigenvalue weighted by molar-refractivity contribution is 6.30. The van der Waals surface area contributed by atoms with Gasteiger partial charge in [-0.3, -0.25) is 4.79 Å². The maximum absolute atomic E-state index is 12.9. The van der Waals surface area contributed by atoms with E-state index in [2.05, 4.69) is 5.10 Å². The zero-order chi connectivity index (χ0) is 16.4. The molecule has 1 aromatic heterocycles. The molecule has 0 spiro atoms. The predicted octanol–water partition coefficient (Wildman–Crippen LogP) is 3.94. The number of carbonyl (C=O) groups is 1. The average molecular weight is 322 g/mol. The molecule has 0 amide bonds. The maximum Gasteiger partial charge on any atom is 0.211 e. The van der Waals surface area contributed by atoms with E-state index in [1.54, 1.807) is 55.5 Å². The van der Waals surface area contributed by atoms with Gasteiger partial charge in [0.05, 0.1) is 5.69 Å². The Balaban J connectivity index is 2.20. The minimum atomic E-state index is -0.174. The SMILES string of the molecule is Cc1c(C#N)nn(-c2ccc(Cl)cc2)c1C(=O)c1ccccc1. The molecule has 0 aliphatic carbocycles. The summed E-state index contributed by atoms with van der Waals surface area (Å²) in [5, 5.41) is 14.1. The molecule has 3 aromatic rings. The van der Waals surface area contributed by atoms with Gasteiger partial charge >= 0.3 is 0 Å². The van der Waals surface area contributed by atoms with Crippen LogP contribution in [0, 0.1) is 18.3 Å². The van der Waals surface area contributed by atoms with E-state index in [9.17, 15) is 10.1 Å². The van der Waals surface area contributed by atoms with Gasteiger partial charge in [-0.15, -0.1) is 0 Å². The van der Waals surface area contributed by atoms with E-state index in [0.717, 1.165) is 0 Å². The van der Waals surface area contributed by atoms with Crippen LogP contribution < -0.4 is 0 Å². The standard InChI is InChI=1S/C18H12ClN3O/c1-12-16(11-20)21-22(15-9-7-14(19)8-10-15)17(12)18(23)13-5-3-2-4-6-13/h2-10H,1H3. The first-order valence-corrected chi connectivity index (χ1v) is 7.35. The van der Waals surface area contributed by atoms with Crippen LogP contribution in [0.3, 0.4) is 0 Å². The van der Waals surface area contributed by atoms with E-state index in [1.165, 1.54) is 4.68 Å². The van der Waals surface area contributed by atoms with E-state index in [-0.39, 0.29) is 11.5 Å². The first-order valence-electron chi connectivity index (χ1n) is 6.97. The summed E-state index contributed by atoms with van der Waals surface area (Å²) in [6.45, 7) is 1.73. The van der Waals surface area contributed by atoms with Crippen molar-refractivity contribution in [1.82, 2.24) is 9.78 Å². The average Bonchev–Trinajstić information content (AvgIpc) is 2.92. The highest BCUT2D eigenvalue weighted by atomic mass is 35.5. The van der Waals surface area contributed by atoms with Crippen molar-refractivity contribution in [1.29, 1.82) is 5.26 Å². The van der Waals surface area contributed by atoms with Crippen LogP contribution in [0.2, 0.25) is 5.02 Å². The molecular formula is C18H12ClN3O. The highest BCUT2D eigenvalue weighted by Gasteiger charge is 2.22. The third-order valence-corrected chi connectivity index (χ3v) is 3.80. The Hall–Kier alpha value is -2.90. The number of benzene rings is 2. The largest absolute Gasteiger partial charge is 0.287 e. The van der Waals surface area contributed by atoms with Gasteiger partial charge < -0.3 is 0 Å². The van der Waals surface area contributed by atoms with Gasteiger partial charge in [-0.1, -0.05) is 41.9 Å². The molecule has 5 heteroatoms. The number of nitriles is 1. The van der Waals surface area contributed by atoms with Crippen molar-refractivity contribution >= 4 is 17.4 Å². The van der Waals surface area contributed by atoms with E-state index in [1.807, 2.05) is 12.1 Å². The number of rotatable bonds is 3. The molecule has 0 fully saturated rings. The Morgan fingerprint density at radius 1 is 1.13 bits per heavy atom. The Labute approximate surface area is 138 Å². The minimum Gasteiger partial charge on any atom is -0.287 e. The third-order valence-electron chi connectivity index (χ3n) is 3.55. The molecule has 23 heavy (non-hydrogen) atoms. The lowest BCUT2D eigenvalue weighted by Crippen LogP contribution is -2.11. The number of nitrogens with zero attached hydrogens (tertiary/aromatic N) is 3. The summed E-state index contributed by atoms with van der Waals surface area (Å²) in [5.74, 6) is -0.174. The van der Waals surface area contributed by atoms with Crippen molar-refractivity contribution in [2.24, 2.45) is 0 Å². The lowest BCUT2D eigenvalue weighted by Gasteiger charge is -2.08. The second-order valence-electron chi connectivity index (χ2n) is 5.02. The minimum absolute atomic E-state index is 0.174. The quantitative estimate of drug-likeness (QED) is 0.687. The second kappa shape index (κ2) is 6.07. The number of carbonyl (C=O) groups excluding carboxylic acids is 1. The topological polar surface area (TPSA) is 58.7 Å². The lowest BCUT2D eigenvalue weighted by atomic mass is 10.0. The van der Waals surface area contributed by atoms with E-state index in [4.69, 9.17) is 11.6 Å². The van der Waals surface area contributed by atoms with E-state index < -0.39 is 0 Å². The van der Waals surface area contributed by atoms with Crippen LogP contribution in [0.1, 0.15) is 27.3 Å². The first-order chi connectivity index (χ1) is 11.1. The summed E-state index contributed by atoms with van der Waals surface area (Å²) in [6.07, 6.45) is 0. The first kappa shape index (κ1) is 15.0. The normalized spacial score (nSPS) is 10.3. The van der Waals surface area contributed by atoms with Gasteiger partial charge in [0.1, 0.15) is 11.8 Å². The van der Waals surface area contributed by atoms with Crippen molar-refractivity contribution in [2.45, 2.75) is 6.92 Å². The van der Waals surface area contributed by atoms with Crippen LogP contribution in [0.4, 0.5) is 0 Å². The zero-order valence-corrected chi connectivity index (χ0v) is 13.1. The Bertz CT molecular complexity index is 906. The summed E-state index contributed by atoms with van der Waals surface area (Å²) in [6, 6.07) is 17.9. The van der Waals surface area contributed by atoms with Crippen LogP contribution in [0.25, 0.3) is 5.69 Å². The molecular weight excluding hydrogens is 310 g/mol. The van der Waals surface area contributed by atoms with Gasteiger partial charge in [-0.25, -0.2) is 4.68 Å². The van der Waals surface area contributed by atoms with Gasteiger partial charge in [0.2, 0.25) is 5.78 Å². The smallest absolute Gasteiger partial charge is 0.211 e. The fourth-order valence-electron chi connectivity index (χ4n) is 2.36. The molecule has 1 heterocycles. The van der Waals surface area contributed by atoms with Gasteiger partial charge in [-0.2, -0.15) is 10.4 Å². The lowest BCUT2D eigenvalue weighted by molar-refractivity contribution is 0.103. The number of ketones is 1. The molecule has 2 aromatic carbocycles. The van der Waals surface area contributed by atoms with Crippen molar-refractivity contribution in [2.75, 3.05) is 0 Å². The molecule has 0 saturated heterocycles. The van der Waals surface area contributed by atoms with Crippen LogP contribution >= 0.6 is 11.6 Å². The highest BCUT2D eigenvalue weighted by Crippen LogP contribution is 2.22. The van der Waals surface area contributed by atoms with Crippen LogP contribution in [-0.2, 0) is 0 Å². The molecule has 0 saturated carbocycles. The monoisotopic (exact) mass is 321 g/mol. The molecule has 112 valence electrons. The van der Waals surface area contributed by atoms with Crippen molar-refractivity contribution in [3.8, 4) is 11.8 Å². The summed E-state index contributed by atoms with van der Waals surface area (Å²) in [7, 11) is 0. The molecule has 3 rings (SSSR count). The molecule has 0 aliphatic rings. The van der Waals surface area contributed by atoms with Gasteiger partial charge in [0, 0.05) is 16.1 Å². The molecule has 4 nitrogen and oxygen atoms in total. The van der Waals surface area contributed by atoms with Crippen LogP contribution in [0.5, 0.6) is 0 Å². The van der Waals surface area contributed by atoms with E-state index in [0.29, 0.717) is 27.5 Å². The van der Waals surface area contributed by atoms with E-state index >= 15 is 0 Å². The molecule has 0 bridgehead atoms. The van der Waals surface area contributed by atoms with Gasteiger partial charge in [0.25, 0.3) is 0 Å². The maximum atomic E-state index is 12.9. The summed E-state index contributed by atoms with van der Waals surface area (Å²) < 4.78 is 1.50. The van der Waals surface area contributed by atoms with Crippen molar-refractivity contribution in [3.05, 3.63) is 82.1 Å². The second-order valence-corrected chi connectivity index (χ2v) is 5.45. The fraction of sp³-hybridized carbons (Fsp3) is 0.0556. The van der Waals surface area contributed by atoms with Crippen molar-refractivity contribution in [3.63, 3.8) is 0 Å². The van der Waals surface area contributed by atoms with Crippen LogP contribution in [0.15, 0.2) is 54.6 Å². The number of aromatic nitrogens is 2. The molecule has 0 unspecified atom stereocenters. The Morgan fingerprint density at radius 3 is 2.39 bits per heavy atom. The molecule has 0 aliphatic heterocycles. The summed E-state index contributed by atoms with van der Waals surface area (Å²) in [4.78, 5) is 12.9. The molecule has 0 radical (unpaired) electrons. The predicted molar refractivity (Wildman–Crippen MR) is 87.9 cm³/mol. The van der Waals surface area contributed by atoms with Gasteiger partial charge in [-0.05, 0) is 31.2 Å². The summed E-state index contributed by atoms with van der Waals surface area (Å²) >= 11 is 5.91. The van der Waals surface area contributed by atoms with Crippen LogP contribution in [-0.4, -0.2) is 15.6 Å². The number of halogens is 1. The Kier molecular flexibility index (Phi) is 3.96. The summed E-state index contributed by atoms with van der Waals surface area (Å²) in [5.41, 5.74) is 2.42. The fourth-order valence-corrected chi connectivity index (χ4v) is 2.49. The number of hydrogen-bond acceptors (Lipinski definition) is 3. The third kappa shape index (κ3) is 2.75. The zero-order valence-electron chi connectivity index (χ0n) is 12.3. The number of hydrogen-bond donors (Lipinski definition) is 0. The van der Waals surface area contributed by atoms with Crippen molar-refractivity contribution < 1.29 is 4.79 Å². The molecule has 0 atom stereocenters. The Morgan fingerprint density at radius 2 is 1.78 bits per heavy atom.